The number of thioether (sulfide) groups is 1. The number of allylic oxidation sites excluding steroid dienone is 1. The zero-order valence-corrected chi connectivity index (χ0v) is 14.4. The van der Waals surface area contributed by atoms with E-state index in [0.717, 1.165) is 29.4 Å². The zero-order chi connectivity index (χ0) is 15.5. The minimum atomic E-state index is -0.270. The number of phenolic OH excluding ortho intramolecular Hbond substituents is 1. The highest BCUT2D eigenvalue weighted by Crippen LogP contribution is 2.54. The summed E-state index contributed by atoms with van der Waals surface area (Å²) in [4.78, 5) is 1.30. The van der Waals surface area contributed by atoms with E-state index in [9.17, 15) is 5.11 Å². The second-order valence-electron chi connectivity index (χ2n) is 7.51. The maximum absolute atomic E-state index is 10.6. The van der Waals surface area contributed by atoms with Crippen LogP contribution in [0.25, 0.3) is 5.57 Å². The molecule has 1 unspecified atom stereocenters. The molecule has 0 aromatic heterocycles. The maximum Gasteiger partial charge on any atom is 0.134 e. The van der Waals surface area contributed by atoms with E-state index in [0.29, 0.717) is 11.7 Å². The van der Waals surface area contributed by atoms with Gasteiger partial charge >= 0.3 is 0 Å². The number of hydrogen-bond donors (Lipinski definition) is 1. The summed E-state index contributed by atoms with van der Waals surface area (Å²) in [6, 6.07) is 4.15. The summed E-state index contributed by atoms with van der Waals surface area (Å²) in [5, 5.41) is 10.6. The first-order chi connectivity index (χ1) is 10.5. The van der Waals surface area contributed by atoms with Gasteiger partial charge in [0.2, 0.25) is 0 Å². The van der Waals surface area contributed by atoms with Crippen molar-refractivity contribution in [2.45, 2.75) is 58.0 Å². The van der Waals surface area contributed by atoms with Gasteiger partial charge in [-0.1, -0.05) is 19.8 Å². The molecule has 1 aromatic rings. The monoisotopic (exact) mass is 316 g/mol. The summed E-state index contributed by atoms with van der Waals surface area (Å²) in [6.07, 6.45) is 5.01. The van der Waals surface area contributed by atoms with E-state index in [1.165, 1.54) is 35.3 Å². The lowest BCUT2D eigenvalue weighted by atomic mass is 9.88. The Kier molecular flexibility index (Phi) is 3.26. The van der Waals surface area contributed by atoms with Crippen LogP contribution in [0.1, 0.15) is 63.5 Å². The number of ether oxygens (including phenoxy) is 1. The van der Waals surface area contributed by atoms with Crippen LogP contribution in [0.3, 0.4) is 0 Å². The van der Waals surface area contributed by atoms with Crippen molar-refractivity contribution in [1.29, 1.82) is 0 Å². The molecule has 3 aliphatic rings. The molecule has 3 heteroatoms. The molecule has 1 atom stereocenters. The zero-order valence-electron chi connectivity index (χ0n) is 13.6. The molecule has 1 fully saturated rings. The van der Waals surface area contributed by atoms with Crippen molar-refractivity contribution in [2.24, 2.45) is 5.92 Å². The number of aromatic hydroxyl groups is 1. The van der Waals surface area contributed by atoms with Crippen LogP contribution in [0, 0.1) is 5.92 Å². The second-order valence-corrected chi connectivity index (χ2v) is 8.62. The third-order valence-corrected chi connectivity index (χ3v) is 6.58. The molecule has 4 rings (SSSR count). The fourth-order valence-electron chi connectivity index (χ4n) is 3.83. The van der Waals surface area contributed by atoms with Gasteiger partial charge in [0.25, 0.3) is 0 Å². The molecule has 0 spiro atoms. The molecule has 1 aromatic carbocycles. The van der Waals surface area contributed by atoms with Crippen molar-refractivity contribution in [3.63, 3.8) is 0 Å². The Morgan fingerprint density at radius 2 is 2.14 bits per heavy atom. The van der Waals surface area contributed by atoms with E-state index in [2.05, 4.69) is 26.8 Å². The van der Waals surface area contributed by atoms with Crippen molar-refractivity contribution >= 4 is 17.3 Å². The summed E-state index contributed by atoms with van der Waals surface area (Å²) in [7, 11) is 0. The van der Waals surface area contributed by atoms with Gasteiger partial charge < -0.3 is 9.84 Å². The Labute approximate surface area is 136 Å². The smallest absolute Gasteiger partial charge is 0.134 e. The number of phenols is 1. The van der Waals surface area contributed by atoms with Crippen LogP contribution in [0.2, 0.25) is 0 Å². The van der Waals surface area contributed by atoms with Crippen molar-refractivity contribution < 1.29 is 9.84 Å². The van der Waals surface area contributed by atoms with Gasteiger partial charge in [0.1, 0.15) is 17.1 Å². The number of fused-ring (bicyclic) bond motifs is 2. The van der Waals surface area contributed by atoms with E-state index >= 15 is 0 Å². The van der Waals surface area contributed by atoms with E-state index in [-0.39, 0.29) is 5.60 Å². The molecule has 0 radical (unpaired) electrons. The SMILES string of the molecule is CC(CC1CC1)c1cc(O)c2c(c1)OC(C)(C)C1=C2CCS1. The average molecular weight is 316 g/mol. The molecule has 118 valence electrons. The summed E-state index contributed by atoms with van der Waals surface area (Å²) < 4.78 is 6.29. The lowest BCUT2D eigenvalue weighted by Gasteiger charge is -2.35. The molecule has 1 N–H and O–H groups in total. The number of benzene rings is 1. The van der Waals surface area contributed by atoms with Crippen LogP contribution in [-0.4, -0.2) is 16.5 Å². The lowest BCUT2D eigenvalue weighted by Crippen LogP contribution is -2.32. The van der Waals surface area contributed by atoms with Crippen molar-refractivity contribution in [2.75, 3.05) is 5.75 Å². The summed E-state index contributed by atoms with van der Waals surface area (Å²) in [5.41, 5.74) is 3.19. The average Bonchev–Trinajstić information content (AvgIpc) is 3.10. The molecule has 2 heterocycles. The molecule has 1 aliphatic carbocycles. The third-order valence-electron chi connectivity index (χ3n) is 5.14. The van der Waals surface area contributed by atoms with Crippen LogP contribution in [0.5, 0.6) is 11.5 Å². The highest BCUT2D eigenvalue weighted by molar-refractivity contribution is 8.03. The van der Waals surface area contributed by atoms with Gasteiger partial charge in [-0.25, -0.2) is 0 Å². The molecule has 1 saturated carbocycles. The first-order valence-corrected chi connectivity index (χ1v) is 9.37. The minimum absolute atomic E-state index is 0.270. The minimum Gasteiger partial charge on any atom is -0.507 e. The fraction of sp³-hybridized carbons (Fsp3) is 0.579. The molecular formula is C19H24O2S. The highest BCUT2D eigenvalue weighted by atomic mass is 32.2. The van der Waals surface area contributed by atoms with Gasteiger partial charge in [-0.2, -0.15) is 0 Å². The Morgan fingerprint density at radius 3 is 2.86 bits per heavy atom. The lowest BCUT2D eigenvalue weighted by molar-refractivity contribution is 0.153. The molecule has 0 saturated heterocycles. The quantitative estimate of drug-likeness (QED) is 0.819. The van der Waals surface area contributed by atoms with E-state index in [1.54, 1.807) is 0 Å². The molecule has 2 nitrogen and oxygen atoms in total. The number of rotatable bonds is 3. The first kappa shape index (κ1) is 14.5. The second kappa shape index (κ2) is 4.95. The van der Waals surface area contributed by atoms with E-state index in [4.69, 9.17) is 4.74 Å². The Bertz CT molecular complexity index is 656. The largest absolute Gasteiger partial charge is 0.507 e. The fourth-order valence-corrected chi connectivity index (χ4v) is 5.11. The van der Waals surface area contributed by atoms with Gasteiger partial charge in [0.05, 0.1) is 5.56 Å². The van der Waals surface area contributed by atoms with Crippen LogP contribution in [-0.2, 0) is 0 Å². The third kappa shape index (κ3) is 2.34. The van der Waals surface area contributed by atoms with Gasteiger partial charge in [0, 0.05) is 10.7 Å². The van der Waals surface area contributed by atoms with E-state index in [1.807, 2.05) is 17.8 Å². The van der Waals surface area contributed by atoms with Gasteiger partial charge in [-0.05, 0) is 61.8 Å². The van der Waals surface area contributed by atoms with Gasteiger partial charge in [-0.15, -0.1) is 11.8 Å². The predicted octanol–water partition coefficient (Wildman–Crippen LogP) is 5.31. The predicted molar refractivity (Wildman–Crippen MR) is 92.6 cm³/mol. The standard InChI is InChI=1S/C19H24O2S/c1-11(8-12-4-5-12)13-9-15(20)17-14-6-7-22-18(14)19(2,3)21-16(17)10-13/h9-12,20H,4-8H2,1-3H3. The molecule has 2 aliphatic heterocycles. The van der Waals surface area contributed by atoms with Crippen LogP contribution in [0.4, 0.5) is 0 Å². The van der Waals surface area contributed by atoms with Crippen LogP contribution in [0.15, 0.2) is 17.0 Å². The van der Waals surface area contributed by atoms with Crippen LogP contribution < -0.4 is 4.74 Å². The number of hydrogen-bond acceptors (Lipinski definition) is 3. The summed E-state index contributed by atoms with van der Waals surface area (Å²) in [6.45, 7) is 6.55. The van der Waals surface area contributed by atoms with E-state index < -0.39 is 0 Å². The van der Waals surface area contributed by atoms with Crippen molar-refractivity contribution in [3.05, 3.63) is 28.2 Å². The van der Waals surface area contributed by atoms with Gasteiger partial charge in [0.15, 0.2) is 0 Å². The molecule has 22 heavy (non-hydrogen) atoms. The highest BCUT2D eigenvalue weighted by Gasteiger charge is 2.39. The molecular weight excluding hydrogens is 292 g/mol. The Morgan fingerprint density at radius 1 is 1.36 bits per heavy atom. The molecule has 0 bridgehead atoms. The van der Waals surface area contributed by atoms with Crippen molar-refractivity contribution in [1.82, 2.24) is 0 Å². The Balaban J connectivity index is 1.76. The Hall–Kier alpha value is -1.09. The van der Waals surface area contributed by atoms with Crippen LogP contribution >= 0.6 is 11.8 Å². The first-order valence-electron chi connectivity index (χ1n) is 8.38. The van der Waals surface area contributed by atoms with Crippen molar-refractivity contribution in [3.8, 4) is 11.5 Å². The molecule has 0 amide bonds. The summed E-state index contributed by atoms with van der Waals surface area (Å²) in [5.74, 6) is 3.76. The van der Waals surface area contributed by atoms with Gasteiger partial charge in [-0.3, -0.25) is 0 Å². The topological polar surface area (TPSA) is 29.5 Å². The summed E-state index contributed by atoms with van der Waals surface area (Å²) >= 11 is 1.88. The normalized spacial score (nSPS) is 23.8. The maximum atomic E-state index is 10.6.